The van der Waals surface area contributed by atoms with E-state index in [2.05, 4.69) is 15.2 Å². The number of rotatable bonds is 6. The van der Waals surface area contributed by atoms with Crippen LogP contribution in [-0.2, 0) is 6.54 Å². The van der Waals surface area contributed by atoms with Crippen LogP contribution in [0.2, 0.25) is 0 Å². The number of hydrogen-bond acceptors (Lipinski definition) is 6. The average Bonchev–Trinajstić information content (AvgIpc) is 3.53. The lowest BCUT2D eigenvalue weighted by molar-refractivity contribution is -0.384. The summed E-state index contributed by atoms with van der Waals surface area (Å²) in [5.74, 6) is -0.148. The van der Waals surface area contributed by atoms with Gasteiger partial charge < -0.3 is 10.2 Å². The van der Waals surface area contributed by atoms with Gasteiger partial charge in [-0.15, -0.1) is 0 Å². The van der Waals surface area contributed by atoms with Crippen LogP contribution in [0.4, 0.5) is 11.4 Å². The maximum atomic E-state index is 12.8. The summed E-state index contributed by atoms with van der Waals surface area (Å²) in [6, 6.07) is 9.04. The molecule has 1 aliphatic heterocycles. The monoisotopic (exact) mass is 381 g/mol. The van der Waals surface area contributed by atoms with Gasteiger partial charge in [0.05, 0.1) is 4.92 Å². The third-order valence-electron chi connectivity index (χ3n) is 5.19. The van der Waals surface area contributed by atoms with Gasteiger partial charge in [0.25, 0.3) is 11.6 Å². The highest BCUT2D eigenvalue weighted by Gasteiger charge is 2.27. The lowest BCUT2D eigenvalue weighted by atomic mass is 10.1. The summed E-state index contributed by atoms with van der Waals surface area (Å²) in [4.78, 5) is 31.9. The molecule has 1 amide bonds. The number of carbonyl (C=O) groups excluding carboxylic acids is 1. The highest BCUT2D eigenvalue weighted by atomic mass is 16.6. The molecule has 2 aliphatic rings. The quantitative estimate of drug-likeness (QED) is 0.611. The third-order valence-corrected chi connectivity index (χ3v) is 5.19. The smallest absolute Gasteiger partial charge is 0.293 e. The van der Waals surface area contributed by atoms with Crippen molar-refractivity contribution < 1.29 is 9.72 Å². The summed E-state index contributed by atoms with van der Waals surface area (Å²) in [6.45, 7) is 3.60. The van der Waals surface area contributed by atoms with E-state index in [0.717, 1.165) is 32.5 Å². The van der Waals surface area contributed by atoms with E-state index in [-0.39, 0.29) is 11.6 Å². The molecule has 0 atom stereocenters. The maximum absolute atomic E-state index is 12.8. The van der Waals surface area contributed by atoms with E-state index in [1.54, 1.807) is 29.4 Å². The number of hydrogen-bond donors (Lipinski definition) is 1. The fourth-order valence-corrected chi connectivity index (χ4v) is 3.42. The van der Waals surface area contributed by atoms with Gasteiger partial charge in [0.2, 0.25) is 0 Å². The van der Waals surface area contributed by atoms with Gasteiger partial charge in [-0.3, -0.25) is 24.8 Å². The topological polar surface area (TPSA) is 91.6 Å². The predicted octanol–water partition coefficient (Wildman–Crippen LogP) is 2.52. The Bertz CT molecular complexity index is 861. The van der Waals surface area contributed by atoms with Crippen molar-refractivity contribution in [2.24, 2.45) is 0 Å². The fraction of sp³-hybridized carbons (Fsp3) is 0.400. The van der Waals surface area contributed by atoms with Crippen LogP contribution in [-0.4, -0.2) is 57.8 Å². The minimum atomic E-state index is -0.422. The van der Waals surface area contributed by atoms with Crippen LogP contribution in [0.25, 0.3) is 0 Å². The van der Waals surface area contributed by atoms with Gasteiger partial charge in [0.15, 0.2) is 0 Å². The molecule has 1 aromatic heterocycles. The number of nitro benzene ring substituents is 1. The molecule has 146 valence electrons. The highest BCUT2D eigenvalue weighted by Crippen LogP contribution is 2.31. The Labute approximate surface area is 163 Å². The molecule has 1 saturated heterocycles. The molecule has 1 aliphatic carbocycles. The van der Waals surface area contributed by atoms with Crippen molar-refractivity contribution in [2.75, 3.05) is 31.5 Å². The van der Waals surface area contributed by atoms with Gasteiger partial charge in [-0.2, -0.15) is 0 Å². The zero-order valence-electron chi connectivity index (χ0n) is 15.6. The number of piperazine rings is 1. The van der Waals surface area contributed by atoms with Crippen molar-refractivity contribution >= 4 is 17.3 Å². The number of benzene rings is 1. The van der Waals surface area contributed by atoms with Crippen LogP contribution in [0.15, 0.2) is 42.7 Å². The SMILES string of the molecule is O=C(c1ccc(NC2CC2)c([N+](=O)[O-])c1)N1CCN(Cc2ccncc2)CC1. The third kappa shape index (κ3) is 4.28. The summed E-state index contributed by atoms with van der Waals surface area (Å²) in [5.41, 5.74) is 2.03. The number of pyridine rings is 1. The van der Waals surface area contributed by atoms with Crippen molar-refractivity contribution in [3.8, 4) is 0 Å². The molecule has 2 heterocycles. The van der Waals surface area contributed by atoms with Gasteiger partial charge in [0, 0.05) is 62.8 Å². The van der Waals surface area contributed by atoms with Crippen LogP contribution in [0.3, 0.4) is 0 Å². The van der Waals surface area contributed by atoms with Crippen molar-refractivity contribution in [3.05, 3.63) is 64.0 Å². The van der Waals surface area contributed by atoms with Gasteiger partial charge >= 0.3 is 0 Å². The van der Waals surface area contributed by atoms with E-state index in [4.69, 9.17) is 0 Å². The number of nitrogens with zero attached hydrogens (tertiary/aromatic N) is 4. The zero-order valence-corrected chi connectivity index (χ0v) is 15.6. The van der Waals surface area contributed by atoms with Crippen LogP contribution in [0, 0.1) is 10.1 Å². The molecule has 8 nitrogen and oxygen atoms in total. The molecule has 8 heteroatoms. The molecule has 2 aromatic rings. The second kappa shape index (κ2) is 7.93. The lowest BCUT2D eigenvalue weighted by Crippen LogP contribution is -2.48. The largest absolute Gasteiger partial charge is 0.377 e. The van der Waals surface area contributed by atoms with Crippen molar-refractivity contribution in [1.82, 2.24) is 14.8 Å². The highest BCUT2D eigenvalue weighted by molar-refractivity contribution is 5.95. The van der Waals surface area contributed by atoms with Crippen LogP contribution < -0.4 is 5.32 Å². The second-order valence-corrected chi connectivity index (χ2v) is 7.33. The first-order chi connectivity index (χ1) is 13.6. The predicted molar refractivity (Wildman–Crippen MR) is 105 cm³/mol. The van der Waals surface area contributed by atoms with E-state index in [1.165, 1.54) is 11.6 Å². The molecular weight excluding hydrogens is 358 g/mol. The van der Waals surface area contributed by atoms with E-state index in [0.29, 0.717) is 30.4 Å². The number of nitrogens with one attached hydrogen (secondary N) is 1. The first kappa shape index (κ1) is 18.4. The van der Waals surface area contributed by atoms with Gasteiger partial charge in [0.1, 0.15) is 5.69 Å². The first-order valence-corrected chi connectivity index (χ1v) is 9.55. The van der Waals surface area contributed by atoms with Crippen molar-refractivity contribution in [3.63, 3.8) is 0 Å². The number of amides is 1. The van der Waals surface area contributed by atoms with E-state index in [9.17, 15) is 14.9 Å². The molecule has 1 aromatic carbocycles. The van der Waals surface area contributed by atoms with Gasteiger partial charge in [-0.25, -0.2) is 0 Å². The van der Waals surface area contributed by atoms with Crippen molar-refractivity contribution in [2.45, 2.75) is 25.4 Å². The van der Waals surface area contributed by atoms with Gasteiger partial charge in [-0.05, 0) is 42.7 Å². The molecule has 0 bridgehead atoms. The minimum absolute atomic E-state index is 0.0333. The summed E-state index contributed by atoms with van der Waals surface area (Å²) in [5, 5.41) is 14.6. The normalized spacial score (nSPS) is 17.4. The fourth-order valence-electron chi connectivity index (χ4n) is 3.42. The molecule has 0 unspecified atom stereocenters. The molecule has 0 spiro atoms. The molecule has 28 heavy (non-hydrogen) atoms. The summed E-state index contributed by atoms with van der Waals surface area (Å²) < 4.78 is 0. The molecule has 2 fully saturated rings. The Balaban J connectivity index is 1.39. The minimum Gasteiger partial charge on any atom is -0.377 e. The number of carbonyl (C=O) groups is 1. The summed E-state index contributed by atoms with van der Waals surface area (Å²) >= 11 is 0. The molecule has 1 N–H and O–H groups in total. The second-order valence-electron chi connectivity index (χ2n) is 7.33. The average molecular weight is 381 g/mol. The lowest BCUT2D eigenvalue weighted by Gasteiger charge is -2.34. The maximum Gasteiger partial charge on any atom is 0.293 e. The number of anilines is 1. The van der Waals surface area contributed by atoms with Crippen LogP contribution in [0.1, 0.15) is 28.8 Å². The summed E-state index contributed by atoms with van der Waals surface area (Å²) in [7, 11) is 0. The Morgan fingerprint density at radius 2 is 1.86 bits per heavy atom. The molecule has 1 saturated carbocycles. The number of aromatic nitrogens is 1. The summed E-state index contributed by atoms with van der Waals surface area (Å²) in [6.07, 6.45) is 5.62. The van der Waals surface area contributed by atoms with E-state index < -0.39 is 4.92 Å². The number of nitro groups is 1. The van der Waals surface area contributed by atoms with Gasteiger partial charge in [-0.1, -0.05) is 0 Å². The Hall–Kier alpha value is -3.00. The Morgan fingerprint density at radius 3 is 2.50 bits per heavy atom. The molecule has 4 rings (SSSR count). The standard InChI is InChI=1S/C20H23N5O3/c26-20(16-1-4-18(22-17-2-3-17)19(13-16)25(27)28)24-11-9-23(10-12-24)14-15-5-7-21-8-6-15/h1,4-8,13,17,22H,2-3,9-12,14H2. The van der Waals surface area contributed by atoms with Crippen LogP contribution in [0.5, 0.6) is 0 Å². The first-order valence-electron chi connectivity index (χ1n) is 9.55. The Morgan fingerprint density at radius 1 is 1.14 bits per heavy atom. The van der Waals surface area contributed by atoms with E-state index in [1.807, 2.05) is 12.1 Å². The zero-order chi connectivity index (χ0) is 19.5. The van der Waals surface area contributed by atoms with Crippen molar-refractivity contribution in [1.29, 1.82) is 0 Å². The van der Waals surface area contributed by atoms with Crippen LogP contribution >= 0.6 is 0 Å². The molecule has 0 radical (unpaired) electrons. The molecular formula is C20H23N5O3. The Kier molecular flexibility index (Phi) is 5.21. The van der Waals surface area contributed by atoms with E-state index >= 15 is 0 Å².